The molecule has 34 heavy (non-hydrogen) atoms. The molecule has 2 saturated carbocycles. The van der Waals surface area contributed by atoms with E-state index in [1.54, 1.807) is 0 Å². The molecule has 3 aliphatic carbocycles. The van der Waals surface area contributed by atoms with Crippen molar-refractivity contribution in [3.63, 3.8) is 0 Å². The second-order valence-electron chi connectivity index (χ2n) is 11.6. The fraction of sp³-hybridized carbons (Fsp3) is 0.667. The summed E-state index contributed by atoms with van der Waals surface area (Å²) in [6.45, 7) is 2.31. The van der Waals surface area contributed by atoms with Crippen molar-refractivity contribution in [1.82, 2.24) is 0 Å². The van der Waals surface area contributed by atoms with Crippen LogP contribution in [0, 0.1) is 17.8 Å². The molecule has 2 fully saturated rings. The van der Waals surface area contributed by atoms with Crippen molar-refractivity contribution in [2.45, 2.75) is 108 Å². The van der Waals surface area contributed by atoms with Crippen LogP contribution in [0.25, 0.3) is 0 Å². The zero-order valence-corrected chi connectivity index (χ0v) is 21.4. The van der Waals surface area contributed by atoms with E-state index in [0.29, 0.717) is 5.70 Å². The zero-order chi connectivity index (χ0) is 24.1. The van der Waals surface area contributed by atoms with Gasteiger partial charge in [0.1, 0.15) is 5.66 Å². The summed E-state index contributed by atoms with van der Waals surface area (Å²) < 4.78 is 0. The van der Waals surface area contributed by atoms with Gasteiger partial charge in [0.2, 0.25) is 0 Å². The molecule has 0 saturated heterocycles. The summed E-state index contributed by atoms with van der Waals surface area (Å²) in [6, 6.07) is 8.66. The van der Waals surface area contributed by atoms with Gasteiger partial charge in [0, 0.05) is 5.70 Å². The summed E-state index contributed by atoms with van der Waals surface area (Å²) in [5.74, 6) is 3.72. The zero-order valence-electron chi connectivity index (χ0n) is 21.4. The molecule has 0 aromatic heterocycles. The first-order valence-corrected chi connectivity index (χ1v) is 14.0. The predicted octanol–water partition coefficient (Wildman–Crippen LogP) is 5.61. The van der Waals surface area contributed by atoms with Gasteiger partial charge < -0.3 is 22.9 Å². The molecule has 3 aliphatic rings. The van der Waals surface area contributed by atoms with E-state index in [0.717, 1.165) is 35.7 Å². The van der Waals surface area contributed by atoms with Crippen LogP contribution in [0.3, 0.4) is 0 Å². The van der Waals surface area contributed by atoms with Gasteiger partial charge in [-0.3, -0.25) is 0 Å². The minimum Gasteiger partial charge on any atom is -0.401 e. The molecule has 1 aromatic carbocycles. The van der Waals surface area contributed by atoms with Crippen molar-refractivity contribution in [1.29, 1.82) is 0 Å². The fourth-order valence-corrected chi connectivity index (χ4v) is 6.85. The Bertz CT molecular complexity index is 837. The first-order valence-electron chi connectivity index (χ1n) is 14.0. The lowest BCUT2D eigenvalue weighted by molar-refractivity contribution is 0.155. The van der Waals surface area contributed by atoms with Crippen molar-refractivity contribution < 1.29 is 0 Å². The molecule has 4 heteroatoms. The molecule has 4 nitrogen and oxygen atoms in total. The molecule has 8 N–H and O–H groups in total. The summed E-state index contributed by atoms with van der Waals surface area (Å²) in [7, 11) is 0. The Balaban J connectivity index is 1.24. The van der Waals surface area contributed by atoms with E-state index in [9.17, 15) is 0 Å². The third kappa shape index (κ3) is 6.33. The van der Waals surface area contributed by atoms with Crippen LogP contribution in [0.15, 0.2) is 47.7 Å². The van der Waals surface area contributed by atoms with Gasteiger partial charge in [-0.05, 0) is 97.5 Å². The lowest BCUT2D eigenvalue weighted by atomic mass is 9.68. The SMILES string of the molecule is CCCCCC1CCC(C2CCC(c3ccc(CC4=CC(N)(N)C(N)C(N)=C4)cc3)CC2)CC1. The molecule has 0 radical (unpaired) electrons. The molecule has 0 spiro atoms. The van der Waals surface area contributed by atoms with Crippen LogP contribution in [-0.4, -0.2) is 11.7 Å². The Kier molecular flexibility index (Phi) is 8.55. The average molecular weight is 465 g/mol. The normalized spacial score (nSPS) is 31.6. The summed E-state index contributed by atoms with van der Waals surface area (Å²) >= 11 is 0. The second kappa shape index (κ2) is 11.4. The summed E-state index contributed by atoms with van der Waals surface area (Å²) in [6.07, 6.45) is 21.8. The van der Waals surface area contributed by atoms with Gasteiger partial charge in [-0.2, -0.15) is 0 Å². The minimum absolute atomic E-state index is 0.533. The van der Waals surface area contributed by atoms with Gasteiger partial charge in [-0.15, -0.1) is 0 Å². The van der Waals surface area contributed by atoms with Crippen LogP contribution in [0.2, 0.25) is 0 Å². The van der Waals surface area contributed by atoms with E-state index in [1.165, 1.54) is 88.2 Å². The van der Waals surface area contributed by atoms with Crippen molar-refractivity contribution >= 4 is 0 Å². The van der Waals surface area contributed by atoms with Gasteiger partial charge in [0.25, 0.3) is 0 Å². The number of hydrogen-bond donors (Lipinski definition) is 4. The Morgan fingerprint density at radius 3 is 2.06 bits per heavy atom. The number of unbranched alkanes of at least 4 members (excludes halogenated alkanes) is 2. The number of nitrogens with two attached hydrogens (primary N) is 4. The lowest BCUT2D eigenvalue weighted by Gasteiger charge is -2.38. The molecule has 188 valence electrons. The topological polar surface area (TPSA) is 104 Å². The minimum atomic E-state index is -1.08. The Hall–Kier alpha value is -1.62. The van der Waals surface area contributed by atoms with Crippen LogP contribution in [0.4, 0.5) is 0 Å². The van der Waals surface area contributed by atoms with E-state index in [2.05, 4.69) is 31.2 Å². The van der Waals surface area contributed by atoms with Gasteiger partial charge >= 0.3 is 0 Å². The van der Waals surface area contributed by atoms with Crippen molar-refractivity contribution in [2.24, 2.45) is 40.7 Å². The Labute approximate surface area is 207 Å². The van der Waals surface area contributed by atoms with Crippen LogP contribution in [-0.2, 0) is 6.42 Å². The Morgan fingerprint density at radius 2 is 1.47 bits per heavy atom. The molecular formula is C30H48N4. The number of allylic oxidation sites excluding steroid dienone is 2. The highest BCUT2D eigenvalue weighted by Gasteiger charge is 2.32. The maximum Gasteiger partial charge on any atom is 0.105 e. The highest BCUT2D eigenvalue weighted by Crippen LogP contribution is 2.44. The van der Waals surface area contributed by atoms with Crippen molar-refractivity contribution in [3.8, 4) is 0 Å². The molecule has 1 unspecified atom stereocenters. The third-order valence-corrected chi connectivity index (χ3v) is 9.09. The van der Waals surface area contributed by atoms with Gasteiger partial charge in [0.05, 0.1) is 6.04 Å². The summed E-state index contributed by atoms with van der Waals surface area (Å²) in [5, 5.41) is 0. The van der Waals surface area contributed by atoms with E-state index in [1.807, 2.05) is 12.2 Å². The van der Waals surface area contributed by atoms with Crippen LogP contribution in [0.5, 0.6) is 0 Å². The third-order valence-electron chi connectivity index (χ3n) is 9.09. The highest BCUT2D eigenvalue weighted by molar-refractivity contribution is 5.40. The number of rotatable bonds is 8. The van der Waals surface area contributed by atoms with E-state index >= 15 is 0 Å². The first kappa shape index (κ1) is 25.5. The lowest BCUT2D eigenvalue weighted by Crippen LogP contribution is -2.63. The monoisotopic (exact) mass is 464 g/mol. The standard InChI is InChI=1S/C30H48N4/c1-2-3-4-5-21-6-10-24(11-7-21)26-14-16-27(17-15-26)25-12-8-22(9-13-25)18-23-19-28(31)29(32)30(33,34)20-23/h8-9,12-13,19-21,24,26-27,29H,2-7,10-11,14-18,31-34H2,1H3. The van der Waals surface area contributed by atoms with Crippen LogP contribution in [0.1, 0.15) is 101 Å². The molecule has 4 rings (SSSR count). The molecule has 1 aromatic rings. The van der Waals surface area contributed by atoms with Crippen LogP contribution < -0.4 is 22.9 Å². The number of benzene rings is 1. The van der Waals surface area contributed by atoms with Crippen LogP contribution >= 0.6 is 0 Å². The summed E-state index contributed by atoms with van der Waals surface area (Å²) in [4.78, 5) is 0. The molecule has 0 aliphatic heterocycles. The summed E-state index contributed by atoms with van der Waals surface area (Å²) in [5.41, 5.74) is 27.6. The Morgan fingerprint density at radius 1 is 0.853 bits per heavy atom. The second-order valence-corrected chi connectivity index (χ2v) is 11.6. The van der Waals surface area contributed by atoms with Crippen molar-refractivity contribution in [2.75, 3.05) is 0 Å². The van der Waals surface area contributed by atoms with Gasteiger partial charge in [-0.25, -0.2) is 0 Å². The highest BCUT2D eigenvalue weighted by atomic mass is 15.0. The first-order chi connectivity index (χ1) is 16.4. The molecule has 0 amide bonds. The van der Waals surface area contributed by atoms with Crippen molar-refractivity contribution in [3.05, 3.63) is 58.8 Å². The molecule has 1 atom stereocenters. The predicted molar refractivity (Wildman–Crippen MR) is 144 cm³/mol. The molecule has 0 bridgehead atoms. The molecule has 0 heterocycles. The smallest absolute Gasteiger partial charge is 0.105 e. The van der Waals surface area contributed by atoms with E-state index in [-0.39, 0.29) is 0 Å². The number of hydrogen-bond acceptors (Lipinski definition) is 4. The largest absolute Gasteiger partial charge is 0.401 e. The van der Waals surface area contributed by atoms with Gasteiger partial charge in [0.15, 0.2) is 0 Å². The van der Waals surface area contributed by atoms with E-state index in [4.69, 9.17) is 22.9 Å². The van der Waals surface area contributed by atoms with Gasteiger partial charge in [-0.1, -0.05) is 69.7 Å². The van der Waals surface area contributed by atoms with E-state index < -0.39 is 11.7 Å². The average Bonchev–Trinajstić information content (AvgIpc) is 2.84. The maximum absolute atomic E-state index is 6.13. The maximum atomic E-state index is 6.13. The molecular weight excluding hydrogens is 416 g/mol. The fourth-order valence-electron chi connectivity index (χ4n) is 6.85. The quantitative estimate of drug-likeness (QED) is 0.296.